The first kappa shape index (κ1) is 21.8. The Morgan fingerprint density at radius 2 is 1.75 bits per heavy atom. The molecule has 4 rings (SSSR count). The number of rotatable bonds is 2. The van der Waals surface area contributed by atoms with Crippen molar-refractivity contribution in [2.24, 2.45) is 17.1 Å². The van der Waals surface area contributed by atoms with Crippen LogP contribution in [0, 0.1) is 34.3 Å². The molecule has 2 aromatic rings. The minimum absolute atomic E-state index is 0.0223. The van der Waals surface area contributed by atoms with Crippen LogP contribution in [-0.4, -0.2) is 0 Å². The van der Waals surface area contributed by atoms with E-state index in [9.17, 15) is 14.0 Å². The highest BCUT2D eigenvalue weighted by molar-refractivity contribution is 5.62. The second-order valence-corrected chi connectivity index (χ2v) is 9.53. The average Bonchev–Trinajstić information content (AvgIpc) is 2.72. The largest absolute Gasteiger partial charge is 0.440 e. The van der Waals surface area contributed by atoms with Crippen molar-refractivity contribution in [3.63, 3.8) is 0 Å². The van der Waals surface area contributed by atoms with Gasteiger partial charge >= 0.3 is 0 Å². The van der Waals surface area contributed by atoms with Crippen LogP contribution in [0.15, 0.2) is 76.9 Å². The number of halogens is 2. The molecule has 0 radical (unpaired) electrons. The first-order chi connectivity index (χ1) is 15.2. The molecule has 3 nitrogen and oxygen atoms in total. The number of nitrogens with zero attached hydrogens (tertiary/aromatic N) is 1. The Morgan fingerprint density at radius 3 is 2.38 bits per heavy atom. The van der Waals surface area contributed by atoms with E-state index in [0.717, 1.165) is 23.1 Å². The van der Waals surface area contributed by atoms with Crippen LogP contribution in [0.25, 0.3) is 6.08 Å². The first-order valence-corrected chi connectivity index (χ1v) is 10.7. The fraction of sp³-hybridized carbons (Fsp3) is 0.296. The van der Waals surface area contributed by atoms with Gasteiger partial charge in [0.15, 0.2) is 0 Å². The standard InChI is InChI=1S/C27H26F2N2O/c1-27(2,3)19-12-18(10-16-6-4-8-20(28)11-16)25-22(14-19)24(23(15-30)26(31)32-25)17-7-5-9-21(29)13-17/h4-11,13,19,24H,12,14,31H2,1-3H3/b18-10+/t19-,24-/m0/s1. The zero-order valence-electron chi connectivity index (χ0n) is 18.5. The summed E-state index contributed by atoms with van der Waals surface area (Å²) >= 11 is 0. The van der Waals surface area contributed by atoms with Gasteiger partial charge in [0.05, 0.1) is 0 Å². The monoisotopic (exact) mass is 432 g/mol. The summed E-state index contributed by atoms with van der Waals surface area (Å²) in [5.74, 6) is -0.281. The highest BCUT2D eigenvalue weighted by Crippen LogP contribution is 2.51. The van der Waals surface area contributed by atoms with Crippen molar-refractivity contribution in [3.8, 4) is 6.07 Å². The summed E-state index contributed by atoms with van der Waals surface area (Å²) in [6.45, 7) is 6.54. The van der Waals surface area contributed by atoms with Crippen LogP contribution in [0.2, 0.25) is 0 Å². The normalized spacial score (nSPS) is 22.4. The third kappa shape index (κ3) is 4.18. The zero-order chi connectivity index (χ0) is 23.0. The van der Waals surface area contributed by atoms with Crippen molar-refractivity contribution in [3.05, 3.63) is 99.7 Å². The molecule has 0 aromatic heterocycles. The number of hydrogen-bond acceptors (Lipinski definition) is 3. The molecule has 0 saturated carbocycles. The summed E-state index contributed by atoms with van der Waals surface area (Å²) in [6, 6.07) is 14.8. The Labute approximate surface area is 187 Å². The van der Waals surface area contributed by atoms with Gasteiger partial charge in [0.1, 0.15) is 29.0 Å². The molecule has 1 aliphatic heterocycles. The number of allylic oxidation sites excluding steroid dienone is 3. The lowest BCUT2D eigenvalue weighted by Gasteiger charge is -2.41. The topological polar surface area (TPSA) is 59.0 Å². The molecule has 32 heavy (non-hydrogen) atoms. The Kier molecular flexibility index (Phi) is 5.64. The Morgan fingerprint density at radius 1 is 1.06 bits per heavy atom. The molecule has 2 aliphatic rings. The average molecular weight is 433 g/mol. The van der Waals surface area contributed by atoms with Crippen molar-refractivity contribution in [2.75, 3.05) is 0 Å². The lowest BCUT2D eigenvalue weighted by atomic mass is 9.66. The predicted octanol–water partition coefficient (Wildman–Crippen LogP) is 6.57. The summed E-state index contributed by atoms with van der Waals surface area (Å²) in [7, 11) is 0. The molecule has 5 heteroatoms. The molecule has 0 bridgehead atoms. The Balaban J connectivity index is 1.92. The van der Waals surface area contributed by atoms with Crippen LogP contribution >= 0.6 is 0 Å². The number of ether oxygens (including phenoxy) is 1. The summed E-state index contributed by atoms with van der Waals surface area (Å²) in [5, 5.41) is 9.87. The smallest absolute Gasteiger partial charge is 0.205 e. The molecule has 2 aromatic carbocycles. The van der Waals surface area contributed by atoms with Crippen molar-refractivity contribution in [1.82, 2.24) is 0 Å². The third-order valence-electron chi connectivity index (χ3n) is 6.35. The van der Waals surface area contributed by atoms with Crippen LogP contribution in [-0.2, 0) is 4.74 Å². The lowest BCUT2D eigenvalue weighted by Crippen LogP contribution is -2.31. The van der Waals surface area contributed by atoms with Gasteiger partial charge in [0.2, 0.25) is 5.88 Å². The predicted molar refractivity (Wildman–Crippen MR) is 121 cm³/mol. The maximum absolute atomic E-state index is 14.1. The Bertz CT molecular complexity index is 1190. The van der Waals surface area contributed by atoms with E-state index in [4.69, 9.17) is 10.5 Å². The van der Waals surface area contributed by atoms with E-state index in [1.54, 1.807) is 12.1 Å². The highest BCUT2D eigenvalue weighted by Gasteiger charge is 2.41. The fourth-order valence-corrected chi connectivity index (χ4v) is 4.56. The van der Waals surface area contributed by atoms with E-state index in [1.807, 2.05) is 18.2 Å². The minimum atomic E-state index is -0.486. The number of benzene rings is 2. The quantitative estimate of drug-likeness (QED) is 0.584. The van der Waals surface area contributed by atoms with Gasteiger partial charge in [-0.3, -0.25) is 0 Å². The Hall–Kier alpha value is -3.39. The minimum Gasteiger partial charge on any atom is -0.440 e. The molecular weight excluding hydrogens is 406 g/mol. The second kappa shape index (κ2) is 8.27. The zero-order valence-corrected chi connectivity index (χ0v) is 18.5. The molecule has 164 valence electrons. The van der Waals surface area contributed by atoms with Crippen molar-refractivity contribution in [1.29, 1.82) is 5.26 Å². The maximum atomic E-state index is 14.1. The molecule has 0 spiro atoms. The molecule has 0 saturated heterocycles. The van der Waals surface area contributed by atoms with Crippen LogP contribution in [0.3, 0.4) is 0 Å². The van der Waals surface area contributed by atoms with Gasteiger partial charge in [0, 0.05) is 5.92 Å². The second-order valence-electron chi connectivity index (χ2n) is 9.53. The van der Waals surface area contributed by atoms with E-state index in [1.165, 1.54) is 24.3 Å². The van der Waals surface area contributed by atoms with Gasteiger partial charge in [-0.05, 0) is 76.8 Å². The summed E-state index contributed by atoms with van der Waals surface area (Å²) in [6.07, 6.45) is 3.34. The number of hydrogen-bond donors (Lipinski definition) is 1. The summed E-state index contributed by atoms with van der Waals surface area (Å²) < 4.78 is 34.0. The molecule has 1 aliphatic carbocycles. The van der Waals surface area contributed by atoms with E-state index < -0.39 is 5.92 Å². The van der Waals surface area contributed by atoms with Crippen molar-refractivity contribution < 1.29 is 13.5 Å². The van der Waals surface area contributed by atoms with E-state index >= 15 is 0 Å². The van der Waals surface area contributed by atoms with E-state index in [2.05, 4.69) is 26.8 Å². The number of nitrogens with two attached hydrogens (primary N) is 1. The van der Waals surface area contributed by atoms with Crippen LogP contribution in [0.1, 0.15) is 50.7 Å². The van der Waals surface area contributed by atoms with Crippen molar-refractivity contribution >= 4 is 6.08 Å². The van der Waals surface area contributed by atoms with Gasteiger partial charge < -0.3 is 10.5 Å². The number of nitriles is 1. The third-order valence-corrected chi connectivity index (χ3v) is 6.35. The molecule has 2 atom stereocenters. The van der Waals surface area contributed by atoms with Gasteiger partial charge in [-0.2, -0.15) is 5.26 Å². The van der Waals surface area contributed by atoms with Gasteiger partial charge in [-0.25, -0.2) is 8.78 Å². The lowest BCUT2D eigenvalue weighted by molar-refractivity contribution is 0.200. The van der Waals surface area contributed by atoms with Crippen LogP contribution in [0.4, 0.5) is 8.78 Å². The molecule has 1 heterocycles. The van der Waals surface area contributed by atoms with E-state index in [0.29, 0.717) is 17.7 Å². The first-order valence-electron chi connectivity index (χ1n) is 10.7. The molecule has 0 fully saturated rings. The van der Waals surface area contributed by atoms with E-state index in [-0.39, 0.29) is 34.4 Å². The fourth-order valence-electron chi connectivity index (χ4n) is 4.56. The molecule has 2 N–H and O–H groups in total. The van der Waals surface area contributed by atoms with Gasteiger partial charge in [-0.1, -0.05) is 45.0 Å². The van der Waals surface area contributed by atoms with Crippen LogP contribution < -0.4 is 5.73 Å². The van der Waals surface area contributed by atoms with Gasteiger partial charge in [0.25, 0.3) is 0 Å². The summed E-state index contributed by atoms with van der Waals surface area (Å²) in [5.41, 5.74) is 9.65. The molecular formula is C27H26F2N2O. The van der Waals surface area contributed by atoms with Gasteiger partial charge in [-0.15, -0.1) is 0 Å². The maximum Gasteiger partial charge on any atom is 0.205 e. The van der Waals surface area contributed by atoms with Crippen LogP contribution in [0.5, 0.6) is 0 Å². The summed E-state index contributed by atoms with van der Waals surface area (Å²) in [4.78, 5) is 0. The highest BCUT2D eigenvalue weighted by atomic mass is 19.1. The molecule has 0 amide bonds. The molecule has 0 unspecified atom stereocenters. The SMILES string of the molecule is CC(C)(C)[C@@H]1CC2=C(OC(N)=C(C#N)[C@H]2c2cccc(F)c2)/C(=C/c2cccc(F)c2)C1. The van der Waals surface area contributed by atoms with Crippen molar-refractivity contribution in [2.45, 2.75) is 39.5 Å².